The van der Waals surface area contributed by atoms with Crippen LogP contribution < -0.4 is 24.8 Å². The summed E-state index contributed by atoms with van der Waals surface area (Å²) in [4.78, 5) is 0. The van der Waals surface area contributed by atoms with Gasteiger partial charge < -0.3 is 30.3 Å². The van der Waals surface area contributed by atoms with Crippen molar-refractivity contribution in [3.8, 4) is 0 Å². The summed E-state index contributed by atoms with van der Waals surface area (Å²) in [5, 5.41) is 0. The van der Waals surface area contributed by atoms with Gasteiger partial charge in [-0.1, -0.05) is 0 Å². The fourth-order valence-corrected chi connectivity index (χ4v) is 9.77. The Morgan fingerprint density at radius 2 is 0.667 bits per heavy atom. The molecule has 0 aromatic rings. The van der Waals surface area contributed by atoms with E-state index in [1.165, 1.54) is 51.4 Å². The number of hydrogen-bond acceptors (Lipinski definition) is 0. The smallest absolute Gasteiger partial charge is 1.00 e. The monoisotopic (exact) mass is 554 g/mol. The summed E-state index contributed by atoms with van der Waals surface area (Å²) >= 11 is 0.299. The molecule has 0 fully saturated rings. The van der Waals surface area contributed by atoms with E-state index in [1.54, 1.807) is 17.7 Å². The van der Waals surface area contributed by atoms with Gasteiger partial charge in [0.1, 0.15) is 0 Å². The maximum absolute atomic E-state index is 2.29. The standard InChI is InChI=1S/4C4H9.2ClH.O.2Sn/c4*1-3-4-2;;;;;/h4*1,3-4H2,2H3;2*1H;;;/q;;;;;;-2;2*+2/p-2. The number of halogens is 2. The van der Waals surface area contributed by atoms with Crippen LogP contribution in [0.15, 0.2) is 0 Å². The van der Waals surface area contributed by atoms with Gasteiger partial charge in [-0.15, -0.1) is 0 Å². The molecular formula is C16H36Cl2OSn2. The predicted molar refractivity (Wildman–Crippen MR) is 91.1 cm³/mol. The van der Waals surface area contributed by atoms with E-state index < -0.39 is 0 Å². The van der Waals surface area contributed by atoms with Gasteiger partial charge in [-0.25, -0.2) is 0 Å². The normalized spacial score (nSPS) is 7.81. The molecule has 0 saturated carbocycles. The van der Waals surface area contributed by atoms with Gasteiger partial charge in [0.05, 0.1) is 0 Å². The molecule has 0 heterocycles. The van der Waals surface area contributed by atoms with Crippen molar-refractivity contribution in [2.45, 2.75) is 96.8 Å². The predicted octanol–water partition coefficient (Wildman–Crippen LogP) is 0.144. The molecule has 0 unspecified atom stereocenters. The van der Waals surface area contributed by atoms with Crippen LogP contribution in [0.5, 0.6) is 0 Å². The van der Waals surface area contributed by atoms with Gasteiger partial charge in [0, 0.05) is 0 Å². The van der Waals surface area contributed by atoms with Crippen LogP contribution >= 0.6 is 0 Å². The minimum atomic E-state index is 0. The van der Waals surface area contributed by atoms with E-state index in [4.69, 9.17) is 0 Å². The fourth-order valence-electron chi connectivity index (χ4n) is 1.46. The molecule has 0 saturated heterocycles. The molecule has 21 heavy (non-hydrogen) atoms. The van der Waals surface area contributed by atoms with Crippen LogP contribution in [0.2, 0.25) is 17.7 Å². The maximum Gasteiger partial charge on any atom is -1.00 e. The Hall–Kier alpha value is 2.14. The molecule has 0 aliphatic heterocycles. The Morgan fingerprint density at radius 1 is 0.476 bits per heavy atom. The van der Waals surface area contributed by atoms with E-state index in [0.717, 1.165) is 0 Å². The summed E-state index contributed by atoms with van der Waals surface area (Å²) in [7, 11) is 0. The second kappa shape index (κ2) is 38.0. The molecule has 5 heteroatoms. The van der Waals surface area contributed by atoms with Gasteiger partial charge in [-0.2, -0.15) is 0 Å². The molecule has 0 aliphatic rings. The summed E-state index contributed by atoms with van der Waals surface area (Å²) in [6, 6.07) is 0. The van der Waals surface area contributed by atoms with Crippen molar-refractivity contribution in [3.63, 3.8) is 0 Å². The first-order chi connectivity index (χ1) is 8.83. The average Bonchev–Trinajstić information content (AvgIpc) is 2.39. The number of hydrogen-bond donors (Lipinski definition) is 0. The average molecular weight is 553 g/mol. The van der Waals surface area contributed by atoms with Gasteiger partial charge in [0.15, 0.2) is 0 Å². The third-order valence-corrected chi connectivity index (χ3v) is 10.9. The summed E-state index contributed by atoms with van der Waals surface area (Å²) in [6.45, 7) is 9.16. The van der Waals surface area contributed by atoms with Crippen LogP contribution in [0.4, 0.5) is 0 Å². The van der Waals surface area contributed by atoms with E-state index >= 15 is 0 Å². The second-order valence-electron chi connectivity index (χ2n) is 4.91. The molecule has 1 nitrogen and oxygen atoms in total. The van der Waals surface area contributed by atoms with Crippen LogP contribution in [-0.4, -0.2) is 42.3 Å². The zero-order valence-electron chi connectivity index (χ0n) is 14.6. The van der Waals surface area contributed by atoms with Crippen LogP contribution in [-0.2, 0) is 5.48 Å². The quantitative estimate of drug-likeness (QED) is 0.244. The molecule has 0 rings (SSSR count). The third-order valence-electron chi connectivity index (χ3n) is 2.83. The zero-order valence-corrected chi connectivity index (χ0v) is 21.9. The molecule has 0 N–H and O–H groups in total. The fraction of sp³-hybridized carbons (Fsp3) is 1.00. The first-order valence-electron chi connectivity index (χ1n) is 8.24. The summed E-state index contributed by atoms with van der Waals surface area (Å²) in [5.41, 5.74) is 0. The van der Waals surface area contributed by atoms with E-state index in [1.807, 2.05) is 0 Å². The van der Waals surface area contributed by atoms with Gasteiger partial charge >= 0.3 is 139 Å². The maximum atomic E-state index is 2.29. The molecule has 0 aliphatic carbocycles. The van der Waals surface area contributed by atoms with Crippen molar-refractivity contribution in [2.75, 3.05) is 0 Å². The Labute approximate surface area is 168 Å². The van der Waals surface area contributed by atoms with Gasteiger partial charge in [-0.05, 0) is 0 Å². The molecule has 128 valence electrons. The van der Waals surface area contributed by atoms with E-state index in [9.17, 15) is 0 Å². The van der Waals surface area contributed by atoms with Crippen LogP contribution in [0, 0.1) is 0 Å². The second-order valence-corrected chi connectivity index (χ2v) is 13.5. The molecule has 0 spiro atoms. The van der Waals surface area contributed by atoms with E-state index in [2.05, 4.69) is 27.7 Å². The first kappa shape index (κ1) is 34.5. The Morgan fingerprint density at radius 3 is 0.810 bits per heavy atom. The van der Waals surface area contributed by atoms with Crippen molar-refractivity contribution >= 4 is 42.3 Å². The first-order valence-corrected chi connectivity index (χ1v) is 16.3. The molecule has 0 atom stereocenters. The van der Waals surface area contributed by atoms with Crippen LogP contribution in [0.25, 0.3) is 0 Å². The van der Waals surface area contributed by atoms with Gasteiger partial charge in [-0.3, -0.25) is 0 Å². The summed E-state index contributed by atoms with van der Waals surface area (Å²) < 4.78 is 6.50. The summed E-state index contributed by atoms with van der Waals surface area (Å²) in [6.07, 6.45) is 11.7. The van der Waals surface area contributed by atoms with Crippen LogP contribution in [0.3, 0.4) is 0 Å². The number of unbranched alkanes of at least 4 members (excludes halogenated alkanes) is 4. The van der Waals surface area contributed by atoms with Crippen molar-refractivity contribution < 1.29 is 30.3 Å². The molecular weight excluding hydrogens is 517 g/mol. The minimum absolute atomic E-state index is 0. The molecule has 0 aromatic heterocycles. The summed E-state index contributed by atoms with van der Waals surface area (Å²) in [5.74, 6) is 0. The van der Waals surface area contributed by atoms with Gasteiger partial charge in [0.2, 0.25) is 0 Å². The van der Waals surface area contributed by atoms with Crippen molar-refractivity contribution in [1.29, 1.82) is 0 Å². The minimum Gasteiger partial charge on any atom is -2.00 e. The van der Waals surface area contributed by atoms with Crippen molar-refractivity contribution in [2.24, 2.45) is 0 Å². The molecule has 0 radical (unpaired) electrons. The Balaban J connectivity index is -0.0000000711. The molecule has 0 bridgehead atoms. The van der Waals surface area contributed by atoms with Gasteiger partial charge in [0.25, 0.3) is 0 Å². The van der Waals surface area contributed by atoms with Crippen LogP contribution in [0.1, 0.15) is 79.1 Å². The van der Waals surface area contributed by atoms with E-state index in [-0.39, 0.29) is 72.6 Å². The molecule has 0 aromatic carbocycles. The zero-order chi connectivity index (χ0) is 13.9. The topological polar surface area (TPSA) is 28.5 Å². The number of rotatable bonds is 12. The van der Waals surface area contributed by atoms with Crippen molar-refractivity contribution in [3.05, 3.63) is 0 Å². The third kappa shape index (κ3) is 44.9. The Kier molecular flexibility index (Phi) is 62.3. The van der Waals surface area contributed by atoms with E-state index in [0.29, 0.717) is 0 Å². The Bertz CT molecular complexity index is 105. The molecule has 0 amide bonds. The largest absolute Gasteiger partial charge is 2.00 e. The van der Waals surface area contributed by atoms with Crippen molar-refractivity contribution in [1.82, 2.24) is 0 Å². The SMILES string of the molecule is CCC[CH2][Sn+2][CH2]CCC.CCC[CH2][Sn+2][CH2]CCC.[Cl-].[Cl-].[O-2].